The van der Waals surface area contributed by atoms with Crippen LogP contribution in [0.15, 0.2) is 35.8 Å². The second kappa shape index (κ2) is 3.52. The maximum atomic E-state index is 11.2. The van der Waals surface area contributed by atoms with Gasteiger partial charge in [-0.05, 0) is 29.6 Å². The molecule has 0 spiro atoms. The van der Waals surface area contributed by atoms with E-state index in [0.29, 0.717) is 11.3 Å². The summed E-state index contributed by atoms with van der Waals surface area (Å²) < 4.78 is 3.03. The number of benzene rings is 1. The topological polar surface area (TPSA) is 73.3 Å². The van der Waals surface area contributed by atoms with Crippen LogP contribution in [0.4, 0.5) is 0 Å². The molecule has 4 rings (SSSR count). The molecule has 5 nitrogen and oxygen atoms in total. The summed E-state index contributed by atoms with van der Waals surface area (Å²) in [5.41, 5.74) is 8.31. The molecule has 19 heavy (non-hydrogen) atoms. The normalized spacial score (nSPS) is 11.6. The molecule has 4 aromatic rings. The van der Waals surface area contributed by atoms with Gasteiger partial charge in [0.15, 0.2) is 0 Å². The smallest absolute Gasteiger partial charge is 0.248 e. The Morgan fingerprint density at radius 1 is 1.21 bits per heavy atom. The first-order chi connectivity index (χ1) is 9.22. The number of rotatable bonds is 1. The number of thiophene rings is 1. The number of nitrogens with two attached hydrogens (primary N) is 1. The fraction of sp³-hybridized carbons (Fsp3) is 0. The number of fused-ring (bicyclic) bond motifs is 4. The van der Waals surface area contributed by atoms with Gasteiger partial charge in [-0.15, -0.1) is 11.3 Å². The van der Waals surface area contributed by atoms with Gasteiger partial charge in [0.25, 0.3) is 0 Å². The average molecular weight is 268 g/mol. The van der Waals surface area contributed by atoms with E-state index >= 15 is 0 Å². The number of hydrogen-bond acceptors (Lipinski definition) is 4. The van der Waals surface area contributed by atoms with Crippen LogP contribution in [-0.4, -0.2) is 20.3 Å². The van der Waals surface area contributed by atoms with E-state index < -0.39 is 5.91 Å². The van der Waals surface area contributed by atoms with Gasteiger partial charge in [0.05, 0.1) is 21.3 Å². The van der Waals surface area contributed by atoms with Gasteiger partial charge in [-0.25, -0.2) is 9.97 Å². The van der Waals surface area contributed by atoms with Gasteiger partial charge >= 0.3 is 0 Å². The minimum Gasteiger partial charge on any atom is -0.366 e. The Labute approximate surface area is 111 Å². The summed E-state index contributed by atoms with van der Waals surface area (Å²) in [7, 11) is 0. The number of amides is 1. The summed E-state index contributed by atoms with van der Waals surface area (Å²) in [4.78, 5) is 20.1. The lowest BCUT2D eigenvalue weighted by Gasteiger charge is -1.96. The van der Waals surface area contributed by atoms with Crippen molar-refractivity contribution in [1.29, 1.82) is 0 Å². The largest absolute Gasteiger partial charge is 0.366 e. The maximum Gasteiger partial charge on any atom is 0.248 e. The molecular weight excluding hydrogens is 260 g/mol. The first kappa shape index (κ1) is 10.5. The van der Waals surface area contributed by atoms with E-state index in [0.717, 1.165) is 21.3 Å². The molecule has 0 saturated heterocycles. The number of carbonyl (C=O) groups is 1. The maximum absolute atomic E-state index is 11.2. The van der Waals surface area contributed by atoms with Gasteiger partial charge in [-0.3, -0.25) is 9.20 Å². The molecule has 2 N–H and O–H groups in total. The third kappa shape index (κ3) is 1.43. The van der Waals surface area contributed by atoms with Gasteiger partial charge in [0, 0.05) is 11.8 Å². The molecule has 0 aliphatic carbocycles. The van der Waals surface area contributed by atoms with Gasteiger partial charge in [0.1, 0.15) is 0 Å². The lowest BCUT2D eigenvalue weighted by atomic mass is 10.2. The van der Waals surface area contributed by atoms with Crippen molar-refractivity contribution in [2.75, 3.05) is 0 Å². The Morgan fingerprint density at radius 3 is 2.89 bits per heavy atom. The van der Waals surface area contributed by atoms with Crippen molar-refractivity contribution >= 4 is 44.3 Å². The minimum absolute atomic E-state index is 0.451. The molecule has 6 heteroatoms. The van der Waals surface area contributed by atoms with E-state index in [1.165, 1.54) is 0 Å². The van der Waals surface area contributed by atoms with Crippen molar-refractivity contribution in [3.05, 3.63) is 41.4 Å². The quantitative estimate of drug-likeness (QED) is 0.575. The summed E-state index contributed by atoms with van der Waals surface area (Å²) in [6, 6.07) is 7.21. The van der Waals surface area contributed by atoms with Crippen LogP contribution in [0.5, 0.6) is 0 Å². The molecular formula is C13H8N4OS. The van der Waals surface area contributed by atoms with E-state index in [1.54, 1.807) is 23.5 Å². The Morgan fingerprint density at radius 2 is 2.05 bits per heavy atom. The minimum atomic E-state index is -0.451. The van der Waals surface area contributed by atoms with Crippen molar-refractivity contribution in [3.63, 3.8) is 0 Å². The summed E-state index contributed by atoms with van der Waals surface area (Å²) in [5, 5.41) is 2.00. The number of carbonyl (C=O) groups excluding carboxylic acids is 1. The van der Waals surface area contributed by atoms with E-state index in [2.05, 4.69) is 9.97 Å². The first-order valence-electron chi connectivity index (χ1n) is 5.68. The van der Waals surface area contributed by atoms with Crippen LogP contribution in [0.3, 0.4) is 0 Å². The highest BCUT2D eigenvalue weighted by molar-refractivity contribution is 7.17. The fourth-order valence-electron chi connectivity index (χ4n) is 2.17. The summed E-state index contributed by atoms with van der Waals surface area (Å²) in [5.74, 6) is 0.176. The standard InChI is InChI=1S/C13H8N4OS/c14-12(18)7-1-2-10-9(5-7)16-13-15-8-3-4-19-11(8)6-17(10)13/h1-6H,(H2,14,18). The summed E-state index contributed by atoms with van der Waals surface area (Å²) in [6.07, 6.45) is 2.02. The molecule has 1 aromatic carbocycles. The number of aromatic nitrogens is 3. The average Bonchev–Trinajstić information content (AvgIpc) is 2.97. The third-order valence-electron chi connectivity index (χ3n) is 3.10. The summed E-state index contributed by atoms with van der Waals surface area (Å²) in [6.45, 7) is 0. The lowest BCUT2D eigenvalue weighted by Crippen LogP contribution is -2.10. The zero-order valence-electron chi connectivity index (χ0n) is 9.70. The second-order valence-corrected chi connectivity index (χ2v) is 5.21. The van der Waals surface area contributed by atoms with E-state index in [4.69, 9.17) is 5.73 Å². The third-order valence-corrected chi connectivity index (χ3v) is 3.94. The van der Waals surface area contributed by atoms with Crippen LogP contribution in [0, 0.1) is 0 Å². The molecule has 92 valence electrons. The lowest BCUT2D eigenvalue weighted by molar-refractivity contribution is 0.100. The highest BCUT2D eigenvalue weighted by Gasteiger charge is 2.10. The number of imidazole rings is 1. The predicted octanol–water partition coefficient (Wildman–Crippen LogP) is 2.20. The zero-order valence-corrected chi connectivity index (χ0v) is 10.5. The highest BCUT2D eigenvalue weighted by atomic mass is 32.1. The number of primary amides is 1. The van der Waals surface area contributed by atoms with Crippen LogP contribution in [0.1, 0.15) is 10.4 Å². The molecule has 0 saturated carbocycles. The van der Waals surface area contributed by atoms with Crippen molar-refractivity contribution in [2.24, 2.45) is 5.73 Å². The molecule has 0 atom stereocenters. The summed E-state index contributed by atoms with van der Waals surface area (Å²) >= 11 is 1.64. The Bertz CT molecular complexity index is 953. The molecule has 0 unspecified atom stereocenters. The first-order valence-corrected chi connectivity index (χ1v) is 6.56. The van der Waals surface area contributed by atoms with Crippen LogP contribution in [-0.2, 0) is 0 Å². The highest BCUT2D eigenvalue weighted by Crippen LogP contribution is 2.23. The molecule has 0 fully saturated rings. The Balaban J connectivity index is 2.13. The molecule has 3 aromatic heterocycles. The zero-order chi connectivity index (χ0) is 13.0. The SMILES string of the molecule is NC(=O)c1ccc2c(c1)nc1nc3ccsc3cn12. The van der Waals surface area contributed by atoms with Gasteiger partial charge < -0.3 is 5.73 Å². The van der Waals surface area contributed by atoms with E-state index in [9.17, 15) is 4.79 Å². The van der Waals surface area contributed by atoms with Crippen molar-refractivity contribution in [3.8, 4) is 0 Å². The Hall–Kier alpha value is -2.47. The molecule has 0 bridgehead atoms. The van der Waals surface area contributed by atoms with Crippen molar-refractivity contribution in [1.82, 2.24) is 14.4 Å². The van der Waals surface area contributed by atoms with E-state index in [1.807, 2.05) is 28.1 Å². The number of hydrogen-bond donors (Lipinski definition) is 1. The number of nitrogens with zero attached hydrogens (tertiary/aromatic N) is 3. The van der Waals surface area contributed by atoms with Crippen molar-refractivity contribution < 1.29 is 4.79 Å². The van der Waals surface area contributed by atoms with Gasteiger partial charge in [-0.1, -0.05) is 0 Å². The van der Waals surface area contributed by atoms with E-state index in [-0.39, 0.29) is 0 Å². The van der Waals surface area contributed by atoms with Gasteiger partial charge in [-0.2, -0.15) is 0 Å². The molecule has 3 heterocycles. The van der Waals surface area contributed by atoms with Crippen LogP contribution in [0.25, 0.3) is 27.0 Å². The molecule has 0 aliphatic rings. The van der Waals surface area contributed by atoms with Crippen LogP contribution in [0.2, 0.25) is 0 Å². The van der Waals surface area contributed by atoms with Crippen molar-refractivity contribution in [2.45, 2.75) is 0 Å². The monoisotopic (exact) mass is 268 g/mol. The Kier molecular flexibility index (Phi) is 1.94. The fourth-order valence-corrected chi connectivity index (χ4v) is 2.92. The molecule has 0 aliphatic heterocycles. The van der Waals surface area contributed by atoms with Crippen LogP contribution >= 0.6 is 11.3 Å². The molecule has 0 radical (unpaired) electrons. The second-order valence-electron chi connectivity index (χ2n) is 4.26. The molecule has 1 amide bonds. The van der Waals surface area contributed by atoms with Gasteiger partial charge in [0.2, 0.25) is 11.7 Å². The van der Waals surface area contributed by atoms with Crippen LogP contribution < -0.4 is 5.73 Å². The predicted molar refractivity (Wildman–Crippen MR) is 74.4 cm³/mol.